The summed E-state index contributed by atoms with van der Waals surface area (Å²) >= 11 is 0. The van der Waals surface area contributed by atoms with Gasteiger partial charge >= 0.3 is 5.97 Å². The smallest absolute Gasteiger partial charge is 0.306 e. The Morgan fingerprint density at radius 3 is 2.50 bits per heavy atom. The van der Waals surface area contributed by atoms with Crippen LogP contribution in [-0.2, 0) is 22.6 Å². The minimum absolute atomic E-state index is 0.108. The van der Waals surface area contributed by atoms with Gasteiger partial charge in [0.05, 0.1) is 7.11 Å². The predicted octanol–water partition coefficient (Wildman–Crippen LogP) is 4.33. The molecule has 5 heteroatoms. The average molecular weight is 351 g/mol. The number of hydrogen-bond donors (Lipinski definition) is 0. The molecule has 0 bridgehead atoms. The lowest BCUT2D eigenvalue weighted by Gasteiger charge is -2.04. The fourth-order valence-electron chi connectivity index (χ4n) is 2.50. The summed E-state index contributed by atoms with van der Waals surface area (Å²) in [5.74, 6) is 1.20. The maximum absolute atomic E-state index is 11.9. The van der Waals surface area contributed by atoms with Gasteiger partial charge in [-0.05, 0) is 31.0 Å². The van der Waals surface area contributed by atoms with Gasteiger partial charge in [0, 0.05) is 18.1 Å². The summed E-state index contributed by atoms with van der Waals surface area (Å²) in [5.41, 5.74) is 3.78. The van der Waals surface area contributed by atoms with Gasteiger partial charge < -0.3 is 14.0 Å². The van der Waals surface area contributed by atoms with Crippen LogP contribution >= 0.6 is 0 Å². The van der Waals surface area contributed by atoms with Gasteiger partial charge in [-0.15, -0.1) is 0 Å². The van der Waals surface area contributed by atoms with Crippen molar-refractivity contribution in [3.8, 4) is 17.1 Å². The van der Waals surface area contributed by atoms with Crippen LogP contribution in [0.2, 0.25) is 0 Å². The number of carbonyl (C=O) groups is 1. The van der Waals surface area contributed by atoms with Crippen LogP contribution in [-0.4, -0.2) is 18.2 Å². The first kappa shape index (κ1) is 17.7. The highest BCUT2D eigenvalue weighted by Crippen LogP contribution is 2.21. The van der Waals surface area contributed by atoms with Crippen molar-refractivity contribution >= 4 is 5.97 Å². The number of aryl methyl sites for hydroxylation is 2. The van der Waals surface area contributed by atoms with E-state index in [1.807, 2.05) is 55.5 Å². The fourth-order valence-corrected chi connectivity index (χ4v) is 2.50. The number of ether oxygens (including phenoxy) is 2. The van der Waals surface area contributed by atoms with Crippen molar-refractivity contribution in [2.45, 2.75) is 26.4 Å². The van der Waals surface area contributed by atoms with Crippen LogP contribution in [0.4, 0.5) is 0 Å². The Hall–Kier alpha value is -3.08. The number of methoxy groups -OCH3 is 1. The van der Waals surface area contributed by atoms with Crippen molar-refractivity contribution in [3.63, 3.8) is 0 Å². The molecular weight excluding hydrogens is 330 g/mol. The van der Waals surface area contributed by atoms with E-state index in [9.17, 15) is 4.79 Å². The minimum atomic E-state index is -0.263. The summed E-state index contributed by atoms with van der Waals surface area (Å²) in [4.78, 5) is 11.9. The molecule has 0 N–H and O–H groups in total. The van der Waals surface area contributed by atoms with Gasteiger partial charge in [0.2, 0.25) is 0 Å². The Morgan fingerprint density at radius 1 is 1.08 bits per heavy atom. The summed E-state index contributed by atoms with van der Waals surface area (Å²) < 4.78 is 15.7. The summed E-state index contributed by atoms with van der Waals surface area (Å²) in [6, 6.07) is 17.4. The van der Waals surface area contributed by atoms with E-state index in [1.165, 1.54) is 5.56 Å². The molecule has 134 valence electrons. The zero-order chi connectivity index (χ0) is 18.4. The fraction of sp³-hybridized carbons (Fsp3) is 0.238. The van der Waals surface area contributed by atoms with Gasteiger partial charge in [0.1, 0.15) is 18.1 Å². The van der Waals surface area contributed by atoms with Crippen LogP contribution in [0.3, 0.4) is 0 Å². The number of nitrogens with zero attached hydrogens (tertiary/aromatic N) is 1. The highest BCUT2D eigenvalue weighted by atomic mass is 16.5. The Balaban J connectivity index is 1.47. The van der Waals surface area contributed by atoms with Crippen molar-refractivity contribution in [1.82, 2.24) is 5.16 Å². The molecule has 3 rings (SSSR count). The van der Waals surface area contributed by atoms with Crippen molar-refractivity contribution in [1.29, 1.82) is 0 Å². The molecule has 2 aromatic carbocycles. The largest absolute Gasteiger partial charge is 0.497 e. The number of benzene rings is 2. The number of carbonyl (C=O) groups excluding carboxylic acids is 1. The van der Waals surface area contributed by atoms with Gasteiger partial charge in [0.15, 0.2) is 5.76 Å². The Kier molecular flexibility index (Phi) is 5.69. The van der Waals surface area contributed by atoms with Crippen LogP contribution in [0.15, 0.2) is 59.1 Å². The molecule has 3 aromatic rings. The van der Waals surface area contributed by atoms with Crippen molar-refractivity contribution < 1.29 is 18.8 Å². The molecule has 0 saturated heterocycles. The number of aromatic nitrogens is 1. The zero-order valence-corrected chi connectivity index (χ0v) is 14.9. The Bertz CT molecular complexity index is 850. The van der Waals surface area contributed by atoms with Gasteiger partial charge in [-0.2, -0.15) is 0 Å². The quantitative estimate of drug-likeness (QED) is 0.593. The standard InChI is InChI=1S/C21H21NO4/c1-15-3-8-17(9-4-15)20-13-18(22-26-20)14-25-21(23)12-7-16-5-10-19(24-2)11-6-16/h3-6,8-11,13H,7,12,14H2,1-2H3. The third-order valence-electron chi connectivity index (χ3n) is 4.05. The van der Waals surface area contributed by atoms with Crippen molar-refractivity contribution in [2.75, 3.05) is 7.11 Å². The van der Waals surface area contributed by atoms with E-state index in [1.54, 1.807) is 13.2 Å². The molecule has 0 unspecified atom stereocenters. The third kappa shape index (κ3) is 4.72. The Labute approximate surface area is 152 Å². The molecule has 0 aliphatic rings. The van der Waals surface area contributed by atoms with Gasteiger partial charge in [0.25, 0.3) is 0 Å². The van der Waals surface area contributed by atoms with E-state index in [2.05, 4.69) is 5.16 Å². The molecular formula is C21H21NO4. The maximum Gasteiger partial charge on any atom is 0.306 e. The SMILES string of the molecule is COc1ccc(CCC(=O)OCc2cc(-c3ccc(C)cc3)on2)cc1. The van der Waals surface area contributed by atoms with E-state index >= 15 is 0 Å². The van der Waals surface area contributed by atoms with Gasteiger partial charge in [-0.25, -0.2) is 0 Å². The second-order valence-corrected chi connectivity index (χ2v) is 6.06. The second kappa shape index (κ2) is 8.34. The third-order valence-corrected chi connectivity index (χ3v) is 4.05. The summed E-state index contributed by atoms with van der Waals surface area (Å²) in [6.45, 7) is 2.14. The van der Waals surface area contributed by atoms with Crippen LogP contribution in [0.5, 0.6) is 5.75 Å². The predicted molar refractivity (Wildman–Crippen MR) is 97.8 cm³/mol. The van der Waals surface area contributed by atoms with E-state index in [-0.39, 0.29) is 12.6 Å². The lowest BCUT2D eigenvalue weighted by molar-refractivity contribution is -0.145. The molecule has 0 saturated carbocycles. The molecule has 5 nitrogen and oxygen atoms in total. The highest BCUT2D eigenvalue weighted by Gasteiger charge is 2.10. The van der Waals surface area contributed by atoms with E-state index < -0.39 is 0 Å². The van der Waals surface area contributed by atoms with Crippen LogP contribution in [0.1, 0.15) is 23.2 Å². The molecule has 1 heterocycles. The average Bonchev–Trinajstić information content (AvgIpc) is 3.14. The summed E-state index contributed by atoms with van der Waals surface area (Å²) in [7, 11) is 1.63. The van der Waals surface area contributed by atoms with Crippen LogP contribution < -0.4 is 4.74 Å². The number of rotatable bonds is 7. The normalized spacial score (nSPS) is 10.5. The molecule has 0 aliphatic carbocycles. The monoisotopic (exact) mass is 351 g/mol. The number of esters is 1. The molecule has 0 radical (unpaired) electrons. The van der Waals surface area contributed by atoms with Crippen molar-refractivity contribution in [3.05, 3.63) is 71.4 Å². The molecule has 26 heavy (non-hydrogen) atoms. The zero-order valence-electron chi connectivity index (χ0n) is 14.9. The molecule has 0 amide bonds. The van der Waals surface area contributed by atoms with E-state index in [4.69, 9.17) is 14.0 Å². The molecule has 0 aliphatic heterocycles. The summed E-state index contributed by atoms with van der Waals surface area (Å²) in [6.07, 6.45) is 0.936. The molecule has 0 spiro atoms. The van der Waals surface area contributed by atoms with Crippen LogP contribution in [0.25, 0.3) is 11.3 Å². The Morgan fingerprint density at radius 2 is 1.81 bits per heavy atom. The lowest BCUT2D eigenvalue weighted by atomic mass is 10.1. The maximum atomic E-state index is 11.9. The van der Waals surface area contributed by atoms with E-state index in [0.717, 1.165) is 16.9 Å². The molecule has 0 atom stereocenters. The highest BCUT2D eigenvalue weighted by molar-refractivity contribution is 5.69. The topological polar surface area (TPSA) is 61.6 Å². The van der Waals surface area contributed by atoms with Crippen molar-refractivity contribution in [2.24, 2.45) is 0 Å². The van der Waals surface area contributed by atoms with Gasteiger partial charge in [-0.1, -0.05) is 47.1 Å². The first-order chi connectivity index (χ1) is 12.6. The molecule has 1 aromatic heterocycles. The first-order valence-electron chi connectivity index (χ1n) is 8.45. The van der Waals surface area contributed by atoms with E-state index in [0.29, 0.717) is 24.3 Å². The van der Waals surface area contributed by atoms with Crippen LogP contribution in [0, 0.1) is 6.92 Å². The van der Waals surface area contributed by atoms with Gasteiger partial charge in [-0.3, -0.25) is 4.79 Å². The minimum Gasteiger partial charge on any atom is -0.497 e. The second-order valence-electron chi connectivity index (χ2n) is 6.06. The lowest BCUT2D eigenvalue weighted by Crippen LogP contribution is -2.06. The molecule has 0 fully saturated rings. The summed E-state index contributed by atoms with van der Waals surface area (Å²) in [5, 5.41) is 3.96. The first-order valence-corrected chi connectivity index (χ1v) is 8.45. The number of hydrogen-bond acceptors (Lipinski definition) is 5.